The van der Waals surface area contributed by atoms with Crippen molar-refractivity contribution in [2.24, 2.45) is 5.73 Å². The Morgan fingerprint density at radius 2 is 1.35 bits per heavy atom. The maximum Gasteiger partial charge on any atom is 0.336 e. The molecule has 0 saturated carbocycles. The monoisotopic (exact) mass is 317 g/mol. The molecule has 0 rings (SSSR count). The Kier molecular flexibility index (Phi) is 8.65. The quantitative estimate of drug-likeness (QED) is 0.272. The molecule has 7 N–H and O–H groups in total. The van der Waals surface area contributed by atoms with Crippen LogP contribution in [0.3, 0.4) is 0 Å². The van der Waals surface area contributed by atoms with Crippen LogP contribution in [0.2, 0.25) is 0 Å². The van der Waals surface area contributed by atoms with Crippen molar-refractivity contribution < 1.29 is 47.8 Å². The number of carboxylic acid groups (broad SMARTS) is 3. The maximum atomic E-state index is 10.3. The van der Waals surface area contributed by atoms with E-state index in [0.717, 1.165) is 0 Å². The molecular formula is C8H15NO10S. The van der Waals surface area contributed by atoms with Crippen LogP contribution in [0.4, 0.5) is 0 Å². The van der Waals surface area contributed by atoms with Crippen molar-refractivity contribution in [1.82, 2.24) is 0 Å². The van der Waals surface area contributed by atoms with Gasteiger partial charge in [-0.05, 0) is 0 Å². The molecule has 0 aromatic carbocycles. The molecular weight excluding hydrogens is 302 g/mol. The Hall–Kier alpha value is -1.76. The van der Waals surface area contributed by atoms with E-state index in [2.05, 4.69) is 0 Å². The summed E-state index contributed by atoms with van der Waals surface area (Å²) in [5.41, 5.74) is 2.04. The lowest BCUT2D eigenvalue weighted by Gasteiger charge is -2.18. The summed E-state index contributed by atoms with van der Waals surface area (Å²) in [6.07, 6.45) is -2.29. The molecule has 0 amide bonds. The molecule has 0 unspecified atom stereocenters. The van der Waals surface area contributed by atoms with E-state index in [1.807, 2.05) is 0 Å². The highest BCUT2D eigenvalue weighted by molar-refractivity contribution is 7.85. The predicted molar refractivity (Wildman–Crippen MR) is 62.6 cm³/mol. The van der Waals surface area contributed by atoms with Crippen molar-refractivity contribution in [3.05, 3.63) is 0 Å². The van der Waals surface area contributed by atoms with Gasteiger partial charge in [0, 0.05) is 6.54 Å². The number of hydrogen-bond donors (Lipinski definition) is 6. The maximum absolute atomic E-state index is 10.3. The van der Waals surface area contributed by atoms with E-state index >= 15 is 0 Å². The van der Waals surface area contributed by atoms with Gasteiger partial charge in [-0.2, -0.15) is 8.42 Å². The Bertz CT molecular complexity index is 440. The third-order valence-corrected chi connectivity index (χ3v) is 2.41. The first-order chi connectivity index (χ1) is 8.84. The second kappa shape index (κ2) is 8.42. The van der Waals surface area contributed by atoms with E-state index in [9.17, 15) is 22.8 Å². The van der Waals surface area contributed by atoms with Gasteiger partial charge in [0.15, 0.2) is 5.60 Å². The Morgan fingerprint density at radius 3 is 1.45 bits per heavy atom. The van der Waals surface area contributed by atoms with Gasteiger partial charge in [0.25, 0.3) is 10.1 Å². The van der Waals surface area contributed by atoms with Gasteiger partial charge in [-0.25, -0.2) is 4.79 Å². The summed E-state index contributed by atoms with van der Waals surface area (Å²) in [7, 11) is -3.80. The van der Waals surface area contributed by atoms with Crippen LogP contribution in [0.15, 0.2) is 0 Å². The zero-order chi connectivity index (χ0) is 16.6. The van der Waals surface area contributed by atoms with Crippen LogP contribution in [0.5, 0.6) is 0 Å². The molecule has 0 atom stereocenters. The normalized spacial score (nSPS) is 11.2. The topological polar surface area (TPSA) is 213 Å². The molecule has 20 heavy (non-hydrogen) atoms. The summed E-state index contributed by atoms with van der Waals surface area (Å²) in [4.78, 5) is 30.5. The summed E-state index contributed by atoms with van der Waals surface area (Å²) in [5.74, 6) is -5.37. The van der Waals surface area contributed by atoms with E-state index in [1.165, 1.54) is 0 Å². The average Bonchev–Trinajstić information content (AvgIpc) is 2.12. The number of nitrogens with two attached hydrogens (primary N) is 1. The third kappa shape index (κ3) is 11.3. The molecule has 0 aliphatic carbocycles. The van der Waals surface area contributed by atoms with Gasteiger partial charge in [0.2, 0.25) is 0 Å². The van der Waals surface area contributed by atoms with Crippen molar-refractivity contribution in [2.75, 3.05) is 12.3 Å². The average molecular weight is 317 g/mol. The second-order valence-electron chi connectivity index (χ2n) is 3.55. The second-order valence-corrected chi connectivity index (χ2v) is 5.12. The summed E-state index contributed by atoms with van der Waals surface area (Å²) in [6, 6.07) is 0. The minimum Gasteiger partial charge on any atom is -0.481 e. The van der Waals surface area contributed by atoms with Crippen molar-refractivity contribution in [2.45, 2.75) is 18.4 Å². The first-order valence-electron chi connectivity index (χ1n) is 4.88. The number of aliphatic carboxylic acids is 3. The van der Waals surface area contributed by atoms with Crippen LogP contribution in [-0.4, -0.2) is 69.2 Å². The van der Waals surface area contributed by atoms with E-state index < -0.39 is 46.5 Å². The molecule has 118 valence electrons. The Morgan fingerprint density at radius 1 is 1.00 bits per heavy atom. The zero-order valence-electron chi connectivity index (χ0n) is 10.1. The standard InChI is InChI=1S/C6H8O7.C2H7NO3S/c7-3(8)1-6(13,5(11)12)2-4(9)10;3-1-2-7(4,5)6/h13H,1-2H2,(H,7,8)(H,9,10)(H,11,12);1-3H2,(H,4,5,6). The van der Waals surface area contributed by atoms with Gasteiger partial charge in [-0.3, -0.25) is 14.1 Å². The fraction of sp³-hybridized carbons (Fsp3) is 0.625. The van der Waals surface area contributed by atoms with Gasteiger partial charge >= 0.3 is 17.9 Å². The molecule has 0 aliphatic rings. The van der Waals surface area contributed by atoms with Crippen LogP contribution in [-0.2, 0) is 24.5 Å². The molecule has 0 aliphatic heterocycles. The Balaban J connectivity index is 0. The molecule has 11 nitrogen and oxygen atoms in total. The molecule has 0 saturated heterocycles. The lowest BCUT2D eigenvalue weighted by Crippen LogP contribution is -2.42. The number of rotatable bonds is 7. The van der Waals surface area contributed by atoms with Crippen molar-refractivity contribution in [1.29, 1.82) is 0 Å². The van der Waals surface area contributed by atoms with Crippen LogP contribution in [0, 0.1) is 0 Å². The molecule has 0 bridgehead atoms. The fourth-order valence-corrected chi connectivity index (χ4v) is 1.16. The number of carboxylic acids is 3. The van der Waals surface area contributed by atoms with E-state index in [-0.39, 0.29) is 12.3 Å². The van der Waals surface area contributed by atoms with Crippen LogP contribution in [0.1, 0.15) is 12.8 Å². The van der Waals surface area contributed by atoms with Gasteiger partial charge in [-0.1, -0.05) is 0 Å². The van der Waals surface area contributed by atoms with Crippen molar-refractivity contribution in [3.63, 3.8) is 0 Å². The van der Waals surface area contributed by atoms with Gasteiger partial charge < -0.3 is 26.2 Å². The smallest absolute Gasteiger partial charge is 0.336 e. The molecule has 12 heteroatoms. The van der Waals surface area contributed by atoms with Gasteiger partial charge in [0.05, 0.1) is 18.6 Å². The molecule has 0 aromatic heterocycles. The molecule has 0 aromatic rings. The van der Waals surface area contributed by atoms with Gasteiger partial charge in [-0.15, -0.1) is 0 Å². The van der Waals surface area contributed by atoms with E-state index in [0.29, 0.717) is 0 Å². The summed E-state index contributed by atoms with van der Waals surface area (Å²) >= 11 is 0. The van der Waals surface area contributed by atoms with E-state index in [1.54, 1.807) is 0 Å². The zero-order valence-corrected chi connectivity index (χ0v) is 10.9. The lowest BCUT2D eigenvalue weighted by molar-refractivity contribution is -0.170. The first-order valence-corrected chi connectivity index (χ1v) is 6.49. The Labute approximate surface area is 113 Å². The fourth-order valence-electron chi connectivity index (χ4n) is 0.863. The molecule has 0 heterocycles. The number of hydrogen-bond acceptors (Lipinski definition) is 7. The summed E-state index contributed by atoms with van der Waals surface area (Å²) < 4.78 is 27.3. The van der Waals surface area contributed by atoms with Gasteiger partial charge in [0.1, 0.15) is 0 Å². The minimum atomic E-state index is -3.80. The molecule has 0 spiro atoms. The van der Waals surface area contributed by atoms with Crippen molar-refractivity contribution >= 4 is 28.0 Å². The highest BCUT2D eigenvalue weighted by atomic mass is 32.2. The highest BCUT2D eigenvalue weighted by Gasteiger charge is 2.40. The minimum absolute atomic E-state index is 0.0289. The van der Waals surface area contributed by atoms with Crippen LogP contribution < -0.4 is 5.73 Å². The van der Waals surface area contributed by atoms with Crippen LogP contribution >= 0.6 is 0 Å². The largest absolute Gasteiger partial charge is 0.481 e. The number of carbonyl (C=O) groups is 3. The number of aliphatic hydroxyl groups is 1. The molecule has 0 fully saturated rings. The summed E-state index contributed by atoms with van der Waals surface area (Å²) in [6.45, 7) is -0.0289. The predicted octanol–water partition coefficient (Wildman–Crippen LogP) is -2.42. The van der Waals surface area contributed by atoms with Crippen LogP contribution in [0.25, 0.3) is 0 Å². The first kappa shape index (κ1) is 20.6. The highest BCUT2D eigenvalue weighted by Crippen LogP contribution is 2.15. The SMILES string of the molecule is NCCS(=O)(=O)O.O=C(O)CC(O)(CC(=O)O)C(=O)O. The lowest BCUT2D eigenvalue weighted by atomic mass is 9.96. The molecule has 0 radical (unpaired) electrons. The third-order valence-electron chi connectivity index (χ3n) is 1.66. The van der Waals surface area contributed by atoms with E-state index in [4.69, 9.17) is 30.7 Å². The summed E-state index contributed by atoms with van der Waals surface area (Å²) in [5, 5.41) is 33.8. The van der Waals surface area contributed by atoms with Crippen molar-refractivity contribution in [3.8, 4) is 0 Å².